The molecule has 5 heteroatoms. The predicted molar refractivity (Wildman–Crippen MR) is 101 cm³/mol. The molecule has 1 aromatic carbocycles. The van der Waals surface area contributed by atoms with Gasteiger partial charge in [-0.05, 0) is 30.7 Å². The van der Waals surface area contributed by atoms with E-state index in [2.05, 4.69) is 57.5 Å². The van der Waals surface area contributed by atoms with Gasteiger partial charge in [0.2, 0.25) is 5.91 Å². The number of amides is 1. The van der Waals surface area contributed by atoms with Crippen LogP contribution in [0.25, 0.3) is 0 Å². The van der Waals surface area contributed by atoms with Crippen molar-refractivity contribution in [1.29, 1.82) is 0 Å². The van der Waals surface area contributed by atoms with Crippen molar-refractivity contribution in [3.63, 3.8) is 0 Å². The highest BCUT2D eigenvalue weighted by atomic mass is 16.2. The van der Waals surface area contributed by atoms with Crippen LogP contribution in [-0.4, -0.2) is 53.4 Å². The Hall–Kier alpha value is -2.24. The molecule has 1 atom stereocenters. The summed E-state index contributed by atoms with van der Waals surface area (Å²) in [4.78, 5) is 21.4. The molecule has 2 saturated heterocycles. The van der Waals surface area contributed by atoms with Crippen LogP contribution in [0.4, 0.5) is 0 Å². The molecule has 5 nitrogen and oxygen atoms in total. The molecule has 1 unspecified atom stereocenters. The minimum absolute atomic E-state index is 0.0226. The molecule has 0 aliphatic carbocycles. The number of nitrogens with zero attached hydrogens (tertiary/aromatic N) is 3. The Kier molecular flexibility index (Phi) is 4.74. The van der Waals surface area contributed by atoms with Gasteiger partial charge in [0.15, 0.2) is 0 Å². The highest BCUT2D eigenvalue weighted by Crippen LogP contribution is 2.42. The van der Waals surface area contributed by atoms with Crippen molar-refractivity contribution in [2.24, 2.45) is 5.41 Å². The first-order valence-corrected chi connectivity index (χ1v) is 9.27. The number of carbonyl (C=O) groups excluding carboxylic acids is 1. The maximum Gasteiger partial charge on any atom is 0.237 e. The Bertz CT molecular complexity index is 743. The molecule has 2 aliphatic rings. The lowest BCUT2D eigenvalue weighted by molar-refractivity contribution is -0.125. The molecular formula is C21H26N4O. The first-order valence-electron chi connectivity index (χ1n) is 9.27. The number of likely N-dealkylation sites (N-methyl/N-ethyl adjacent to an activating group) is 1. The van der Waals surface area contributed by atoms with Gasteiger partial charge in [-0.25, -0.2) is 0 Å². The molecule has 3 heterocycles. The average Bonchev–Trinajstić information content (AvgIpc) is 2.99. The zero-order chi connectivity index (χ0) is 18.0. The average molecular weight is 350 g/mol. The number of nitrogens with one attached hydrogen (secondary N) is 1. The van der Waals surface area contributed by atoms with Crippen LogP contribution in [-0.2, 0) is 17.9 Å². The van der Waals surface area contributed by atoms with E-state index < -0.39 is 0 Å². The molecule has 1 amide bonds. The summed E-state index contributed by atoms with van der Waals surface area (Å²) < 4.78 is 0. The molecule has 2 fully saturated rings. The Morgan fingerprint density at radius 2 is 1.92 bits per heavy atom. The van der Waals surface area contributed by atoms with E-state index >= 15 is 0 Å². The Balaban J connectivity index is 1.29. The van der Waals surface area contributed by atoms with Gasteiger partial charge < -0.3 is 5.32 Å². The number of aromatic nitrogens is 1. The van der Waals surface area contributed by atoms with Crippen LogP contribution in [0.2, 0.25) is 0 Å². The first-order chi connectivity index (χ1) is 12.6. The van der Waals surface area contributed by atoms with E-state index in [4.69, 9.17) is 0 Å². The van der Waals surface area contributed by atoms with E-state index in [-0.39, 0.29) is 17.4 Å². The SMILES string of the molecule is CN1CC2(CC1C(=O)NCc1cccnc1)CN(Cc1ccccc1)C2. The van der Waals surface area contributed by atoms with Gasteiger partial charge in [0, 0.05) is 50.5 Å². The summed E-state index contributed by atoms with van der Waals surface area (Å²) in [6, 6.07) is 14.5. The van der Waals surface area contributed by atoms with Crippen LogP contribution >= 0.6 is 0 Å². The summed E-state index contributed by atoms with van der Waals surface area (Å²) in [5, 5.41) is 3.07. The quantitative estimate of drug-likeness (QED) is 0.895. The van der Waals surface area contributed by atoms with Gasteiger partial charge in [-0.1, -0.05) is 36.4 Å². The molecule has 0 saturated carbocycles. The van der Waals surface area contributed by atoms with Crippen LogP contribution in [0.1, 0.15) is 17.5 Å². The van der Waals surface area contributed by atoms with E-state index in [1.54, 1.807) is 12.4 Å². The molecule has 26 heavy (non-hydrogen) atoms. The van der Waals surface area contributed by atoms with Crippen LogP contribution in [0.3, 0.4) is 0 Å². The lowest BCUT2D eigenvalue weighted by Gasteiger charge is -2.48. The molecule has 0 bridgehead atoms. The predicted octanol–water partition coefficient (Wildman–Crippen LogP) is 1.90. The van der Waals surface area contributed by atoms with Gasteiger partial charge in [0.25, 0.3) is 0 Å². The monoisotopic (exact) mass is 350 g/mol. The summed E-state index contributed by atoms with van der Waals surface area (Å²) in [6.07, 6.45) is 4.50. The Morgan fingerprint density at radius 3 is 2.65 bits per heavy atom. The molecule has 1 spiro atoms. The highest BCUT2D eigenvalue weighted by molar-refractivity contribution is 5.82. The Labute approximate surface area is 155 Å². The van der Waals surface area contributed by atoms with Crippen LogP contribution in [0.15, 0.2) is 54.9 Å². The van der Waals surface area contributed by atoms with Gasteiger partial charge in [-0.3, -0.25) is 19.6 Å². The number of benzene rings is 1. The molecule has 2 aliphatic heterocycles. The zero-order valence-electron chi connectivity index (χ0n) is 15.3. The van der Waals surface area contributed by atoms with Crippen molar-refractivity contribution in [2.75, 3.05) is 26.7 Å². The summed E-state index contributed by atoms with van der Waals surface area (Å²) in [5.74, 6) is 0.134. The maximum atomic E-state index is 12.6. The third-order valence-electron chi connectivity index (χ3n) is 5.60. The van der Waals surface area contributed by atoms with E-state index in [0.717, 1.165) is 38.2 Å². The van der Waals surface area contributed by atoms with Crippen molar-refractivity contribution < 1.29 is 4.79 Å². The topological polar surface area (TPSA) is 48.5 Å². The number of hydrogen-bond acceptors (Lipinski definition) is 4. The minimum Gasteiger partial charge on any atom is -0.351 e. The molecule has 2 aromatic rings. The van der Waals surface area contributed by atoms with Crippen LogP contribution < -0.4 is 5.32 Å². The largest absolute Gasteiger partial charge is 0.351 e. The number of pyridine rings is 1. The van der Waals surface area contributed by atoms with Crippen molar-refractivity contribution >= 4 is 5.91 Å². The van der Waals surface area contributed by atoms with Gasteiger partial charge >= 0.3 is 0 Å². The normalized spacial score (nSPS) is 22.3. The van der Waals surface area contributed by atoms with Gasteiger partial charge in [0.1, 0.15) is 0 Å². The summed E-state index contributed by atoms with van der Waals surface area (Å²) >= 11 is 0. The third-order valence-corrected chi connectivity index (χ3v) is 5.60. The van der Waals surface area contributed by atoms with Crippen LogP contribution in [0, 0.1) is 5.41 Å². The molecular weight excluding hydrogens is 324 g/mol. The standard InChI is InChI=1S/C21H26N4O/c1-24-14-21(15-25(16-21)13-17-6-3-2-4-7-17)10-19(24)20(26)23-12-18-8-5-9-22-11-18/h2-9,11,19H,10,12-16H2,1H3,(H,23,26). The maximum absolute atomic E-state index is 12.6. The molecule has 1 aromatic heterocycles. The summed E-state index contributed by atoms with van der Waals surface area (Å²) in [5.41, 5.74) is 2.67. The fourth-order valence-corrected chi connectivity index (χ4v) is 4.46. The molecule has 0 radical (unpaired) electrons. The van der Waals surface area contributed by atoms with Crippen molar-refractivity contribution in [3.05, 3.63) is 66.0 Å². The second-order valence-electron chi connectivity index (χ2n) is 7.84. The van der Waals surface area contributed by atoms with Crippen molar-refractivity contribution in [2.45, 2.75) is 25.6 Å². The minimum atomic E-state index is -0.0226. The summed E-state index contributed by atoms with van der Waals surface area (Å²) in [6.45, 7) is 4.72. The number of rotatable bonds is 5. The lowest BCUT2D eigenvalue weighted by atomic mass is 9.77. The third kappa shape index (κ3) is 3.64. The summed E-state index contributed by atoms with van der Waals surface area (Å²) in [7, 11) is 2.07. The first kappa shape index (κ1) is 17.2. The zero-order valence-corrected chi connectivity index (χ0v) is 15.3. The molecule has 4 rings (SSSR count). The van der Waals surface area contributed by atoms with E-state index in [0.29, 0.717) is 6.54 Å². The highest BCUT2D eigenvalue weighted by Gasteiger charge is 2.51. The van der Waals surface area contributed by atoms with Crippen molar-refractivity contribution in [1.82, 2.24) is 20.1 Å². The van der Waals surface area contributed by atoms with E-state index in [1.165, 1.54) is 5.56 Å². The number of hydrogen-bond donors (Lipinski definition) is 1. The fourth-order valence-electron chi connectivity index (χ4n) is 4.46. The fraction of sp³-hybridized carbons (Fsp3) is 0.429. The number of likely N-dealkylation sites (tertiary alicyclic amines) is 2. The van der Waals surface area contributed by atoms with Gasteiger partial charge in [-0.15, -0.1) is 0 Å². The lowest BCUT2D eigenvalue weighted by Crippen LogP contribution is -2.56. The van der Waals surface area contributed by atoms with Crippen molar-refractivity contribution in [3.8, 4) is 0 Å². The second-order valence-corrected chi connectivity index (χ2v) is 7.84. The van der Waals surface area contributed by atoms with Gasteiger partial charge in [0.05, 0.1) is 6.04 Å². The molecule has 136 valence electrons. The second kappa shape index (κ2) is 7.17. The van der Waals surface area contributed by atoms with E-state index in [9.17, 15) is 4.79 Å². The smallest absolute Gasteiger partial charge is 0.237 e. The molecule has 1 N–H and O–H groups in total. The number of carbonyl (C=O) groups is 1. The van der Waals surface area contributed by atoms with Crippen LogP contribution in [0.5, 0.6) is 0 Å². The van der Waals surface area contributed by atoms with E-state index in [1.807, 2.05) is 12.1 Å². The Morgan fingerprint density at radius 1 is 1.15 bits per heavy atom. The van der Waals surface area contributed by atoms with Gasteiger partial charge in [-0.2, -0.15) is 0 Å².